The van der Waals surface area contributed by atoms with E-state index in [4.69, 9.17) is 0 Å². The van der Waals surface area contributed by atoms with Gasteiger partial charge in [-0.2, -0.15) is 0 Å². The molecular formula is C15H20N4S. The third-order valence-corrected chi connectivity index (χ3v) is 4.47. The van der Waals surface area contributed by atoms with Crippen LogP contribution in [0.4, 0.5) is 5.13 Å². The molecule has 0 aliphatic heterocycles. The van der Waals surface area contributed by atoms with E-state index < -0.39 is 0 Å². The first kappa shape index (κ1) is 13.5. The van der Waals surface area contributed by atoms with Crippen LogP contribution < -0.4 is 10.2 Å². The minimum absolute atomic E-state index is 0.745. The van der Waals surface area contributed by atoms with Gasteiger partial charge in [-0.3, -0.25) is 4.98 Å². The summed E-state index contributed by atoms with van der Waals surface area (Å²) in [5.41, 5.74) is 2.14. The topological polar surface area (TPSA) is 41.1 Å². The molecule has 0 radical (unpaired) electrons. The highest BCUT2D eigenvalue weighted by Crippen LogP contribution is 2.24. The fourth-order valence-corrected chi connectivity index (χ4v) is 2.91. The summed E-state index contributed by atoms with van der Waals surface area (Å²) in [5.74, 6) is 0. The fraction of sp³-hybridized carbons (Fsp3) is 0.467. The van der Waals surface area contributed by atoms with Crippen molar-refractivity contribution in [1.29, 1.82) is 0 Å². The number of nitrogens with one attached hydrogen (secondary N) is 1. The Morgan fingerprint density at radius 2 is 2.25 bits per heavy atom. The van der Waals surface area contributed by atoms with Gasteiger partial charge in [-0.05, 0) is 31.9 Å². The number of hydrogen-bond donors (Lipinski definition) is 1. The Labute approximate surface area is 123 Å². The van der Waals surface area contributed by atoms with Gasteiger partial charge in [0.1, 0.15) is 0 Å². The van der Waals surface area contributed by atoms with Crippen LogP contribution in [0.15, 0.2) is 24.4 Å². The van der Waals surface area contributed by atoms with Crippen molar-refractivity contribution < 1.29 is 0 Å². The highest BCUT2D eigenvalue weighted by molar-refractivity contribution is 7.15. The van der Waals surface area contributed by atoms with Crippen molar-refractivity contribution in [3.05, 3.63) is 40.7 Å². The molecule has 1 aliphatic carbocycles. The third-order valence-electron chi connectivity index (χ3n) is 3.36. The van der Waals surface area contributed by atoms with Crippen LogP contribution >= 0.6 is 11.3 Å². The van der Waals surface area contributed by atoms with E-state index in [2.05, 4.69) is 39.4 Å². The molecule has 106 valence electrons. The SMILES string of the molecule is Cc1cccc(CN(C)c2ncc(CNC3CC3)s2)n1. The second-order valence-electron chi connectivity index (χ2n) is 5.39. The molecule has 0 atom stereocenters. The molecule has 1 saturated carbocycles. The molecule has 1 N–H and O–H groups in total. The highest BCUT2D eigenvalue weighted by atomic mass is 32.1. The first-order valence-corrected chi connectivity index (χ1v) is 7.84. The predicted octanol–water partition coefficient (Wildman–Crippen LogP) is 2.73. The van der Waals surface area contributed by atoms with Crippen LogP contribution in [0.1, 0.15) is 29.1 Å². The molecule has 2 heterocycles. The van der Waals surface area contributed by atoms with Crippen molar-refractivity contribution in [2.24, 2.45) is 0 Å². The highest BCUT2D eigenvalue weighted by Gasteiger charge is 2.20. The second kappa shape index (κ2) is 5.89. The Bertz CT molecular complexity index is 577. The molecule has 0 spiro atoms. The normalized spacial score (nSPS) is 14.5. The van der Waals surface area contributed by atoms with Gasteiger partial charge in [0, 0.05) is 36.4 Å². The number of aryl methyl sites for hydroxylation is 1. The summed E-state index contributed by atoms with van der Waals surface area (Å²) >= 11 is 1.76. The lowest BCUT2D eigenvalue weighted by molar-refractivity contribution is 0.694. The zero-order chi connectivity index (χ0) is 13.9. The molecule has 0 unspecified atom stereocenters. The smallest absolute Gasteiger partial charge is 0.185 e. The van der Waals surface area contributed by atoms with Crippen molar-refractivity contribution in [1.82, 2.24) is 15.3 Å². The standard InChI is InChI=1S/C15H20N4S/c1-11-4-3-5-13(18-11)10-19(2)15-17-9-14(20-15)8-16-12-6-7-12/h3-5,9,12,16H,6-8,10H2,1-2H3. The summed E-state index contributed by atoms with van der Waals surface area (Å²) in [4.78, 5) is 12.5. The number of nitrogens with zero attached hydrogens (tertiary/aromatic N) is 3. The molecule has 2 aromatic rings. The minimum atomic E-state index is 0.745. The van der Waals surface area contributed by atoms with E-state index in [0.717, 1.165) is 35.7 Å². The Kier molecular flexibility index (Phi) is 3.98. The average Bonchev–Trinajstić information content (AvgIpc) is 3.13. The molecule has 0 amide bonds. The van der Waals surface area contributed by atoms with Crippen LogP contribution in [0, 0.1) is 6.92 Å². The van der Waals surface area contributed by atoms with E-state index >= 15 is 0 Å². The van der Waals surface area contributed by atoms with Crippen LogP contribution in [-0.2, 0) is 13.1 Å². The van der Waals surface area contributed by atoms with Crippen molar-refractivity contribution in [2.45, 2.75) is 38.9 Å². The van der Waals surface area contributed by atoms with Crippen LogP contribution in [0.5, 0.6) is 0 Å². The Hall–Kier alpha value is -1.46. The van der Waals surface area contributed by atoms with Crippen LogP contribution in [0.25, 0.3) is 0 Å². The van der Waals surface area contributed by atoms with Crippen molar-refractivity contribution in [3.63, 3.8) is 0 Å². The number of thiazole rings is 1. The van der Waals surface area contributed by atoms with E-state index in [1.807, 2.05) is 19.2 Å². The van der Waals surface area contributed by atoms with Gasteiger partial charge in [0.05, 0.1) is 12.2 Å². The van der Waals surface area contributed by atoms with E-state index in [1.165, 1.54) is 17.7 Å². The molecule has 5 heteroatoms. The van der Waals surface area contributed by atoms with Gasteiger partial charge in [0.25, 0.3) is 0 Å². The third kappa shape index (κ3) is 3.55. The molecule has 0 saturated heterocycles. The summed E-state index contributed by atoms with van der Waals surface area (Å²) in [6.45, 7) is 3.76. The molecule has 1 aliphatic rings. The number of aromatic nitrogens is 2. The number of anilines is 1. The summed E-state index contributed by atoms with van der Waals surface area (Å²) < 4.78 is 0. The van der Waals surface area contributed by atoms with E-state index in [9.17, 15) is 0 Å². The van der Waals surface area contributed by atoms with E-state index in [-0.39, 0.29) is 0 Å². The van der Waals surface area contributed by atoms with Crippen molar-refractivity contribution in [3.8, 4) is 0 Å². The Balaban J connectivity index is 1.59. The summed E-state index contributed by atoms with van der Waals surface area (Å²) in [6, 6.07) is 6.88. The van der Waals surface area contributed by atoms with Gasteiger partial charge in [-0.1, -0.05) is 6.07 Å². The van der Waals surface area contributed by atoms with Gasteiger partial charge in [-0.25, -0.2) is 4.98 Å². The molecule has 3 rings (SSSR count). The minimum Gasteiger partial charge on any atom is -0.345 e. The van der Waals surface area contributed by atoms with Crippen LogP contribution in [0.2, 0.25) is 0 Å². The van der Waals surface area contributed by atoms with Crippen LogP contribution in [0.3, 0.4) is 0 Å². The summed E-state index contributed by atoms with van der Waals surface area (Å²) in [6.07, 6.45) is 4.63. The molecule has 2 aromatic heterocycles. The fourth-order valence-electron chi connectivity index (χ4n) is 2.09. The van der Waals surface area contributed by atoms with E-state index in [0.29, 0.717) is 0 Å². The lowest BCUT2D eigenvalue weighted by Crippen LogP contribution is -2.17. The molecule has 0 bridgehead atoms. The zero-order valence-electron chi connectivity index (χ0n) is 12.0. The van der Waals surface area contributed by atoms with Gasteiger partial charge in [0.15, 0.2) is 5.13 Å². The second-order valence-corrected chi connectivity index (χ2v) is 6.48. The van der Waals surface area contributed by atoms with Gasteiger partial charge < -0.3 is 10.2 Å². The molecular weight excluding hydrogens is 268 g/mol. The first-order valence-electron chi connectivity index (χ1n) is 7.02. The number of pyridine rings is 1. The maximum absolute atomic E-state index is 4.54. The van der Waals surface area contributed by atoms with Gasteiger partial charge in [0.2, 0.25) is 0 Å². The largest absolute Gasteiger partial charge is 0.345 e. The Morgan fingerprint density at radius 3 is 3.00 bits per heavy atom. The lowest BCUT2D eigenvalue weighted by atomic mass is 10.3. The monoisotopic (exact) mass is 288 g/mol. The predicted molar refractivity (Wildman–Crippen MR) is 83.1 cm³/mol. The maximum Gasteiger partial charge on any atom is 0.185 e. The van der Waals surface area contributed by atoms with Gasteiger partial charge >= 0.3 is 0 Å². The quantitative estimate of drug-likeness (QED) is 0.887. The summed E-state index contributed by atoms with van der Waals surface area (Å²) in [5, 5.41) is 4.58. The van der Waals surface area contributed by atoms with Crippen molar-refractivity contribution >= 4 is 16.5 Å². The summed E-state index contributed by atoms with van der Waals surface area (Å²) in [7, 11) is 2.07. The Morgan fingerprint density at radius 1 is 1.40 bits per heavy atom. The average molecular weight is 288 g/mol. The van der Waals surface area contributed by atoms with Crippen LogP contribution in [-0.4, -0.2) is 23.1 Å². The molecule has 4 nitrogen and oxygen atoms in total. The van der Waals surface area contributed by atoms with E-state index in [1.54, 1.807) is 11.3 Å². The van der Waals surface area contributed by atoms with Gasteiger partial charge in [-0.15, -0.1) is 11.3 Å². The lowest BCUT2D eigenvalue weighted by Gasteiger charge is -2.15. The molecule has 20 heavy (non-hydrogen) atoms. The molecule has 0 aromatic carbocycles. The number of rotatable bonds is 6. The first-order chi connectivity index (χ1) is 9.70. The zero-order valence-corrected chi connectivity index (χ0v) is 12.8. The van der Waals surface area contributed by atoms with Crippen molar-refractivity contribution in [2.75, 3.05) is 11.9 Å². The maximum atomic E-state index is 4.54. The number of hydrogen-bond acceptors (Lipinski definition) is 5. The molecule has 1 fully saturated rings.